The van der Waals surface area contributed by atoms with Crippen LogP contribution in [0.15, 0.2) is 65.5 Å². The van der Waals surface area contributed by atoms with Gasteiger partial charge in [-0.3, -0.25) is 29.4 Å². The van der Waals surface area contributed by atoms with Gasteiger partial charge in [0.25, 0.3) is 17.4 Å². The van der Waals surface area contributed by atoms with Crippen LogP contribution in [0.3, 0.4) is 0 Å². The minimum absolute atomic E-state index is 0.0608. The maximum Gasteiger partial charge on any atom is 0.275 e. The second-order valence-corrected chi connectivity index (χ2v) is 18.2. The molecule has 4 fully saturated rings. The second-order valence-electron chi connectivity index (χ2n) is 17.8. The van der Waals surface area contributed by atoms with Gasteiger partial charge < -0.3 is 19.9 Å². The topological polar surface area (TPSA) is 153 Å². The third kappa shape index (κ3) is 7.81. The van der Waals surface area contributed by atoms with Crippen LogP contribution in [0.5, 0.6) is 5.75 Å². The van der Waals surface area contributed by atoms with E-state index in [2.05, 4.69) is 64.2 Å². The van der Waals surface area contributed by atoms with Crippen molar-refractivity contribution >= 4 is 51.5 Å². The summed E-state index contributed by atoms with van der Waals surface area (Å²) in [4.78, 5) is 57.7. The lowest BCUT2D eigenvalue weighted by molar-refractivity contribution is -0.164. The lowest BCUT2D eigenvalue weighted by Crippen LogP contribution is -2.74. The SMILES string of the molecule is CC1(C)[C@H](NC(=O)c2ccc(N3CCC(CN4CCN(c5ccc6c(=O)n([C@H]7CCC(=O)NC7=O)nc(F)c6c5)CC4)CC3)cc2)C(C)(C)[C@H]1Oc1ccc(C#N)c(Cl)c1. The first-order valence-corrected chi connectivity index (χ1v) is 21.1. The van der Waals surface area contributed by atoms with Crippen LogP contribution in [-0.4, -0.2) is 90.4 Å². The van der Waals surface area contributed by atoms with Gasteiger partial charge in [-0.25, -0.2) is 4.68 Å². The summed E-state index contributed by atoms with van der Waals surface area (Å²) in [5.41, 5.74) is 1.66. The summed E-state index contributed by atoms with van der Waals surface area (Å²) in [5.74, 6) is -0.846. The van der Waals surface area contributed by atoms with Crippen LogP contribution < -0.4 is 30.7 Å². The Kier molecular flexibility index (Phi) is 11.1. The molecule has 4 heterocycles. The average molecular weight is 837 g/mol. The van der Waals surface area contributed by atoms with E-state index in [9.17, 15) is 24.4 Å². The molecule has 1 aromatic heterocycles. The van der Waals surface area contributed by atoms with Crippen LogP contribution in [0.4, 0.5) is 15.8 Å². The molecule has 1 aliphatic carbocycles. The maximum absolute atomic E-state index is 15.3. The zero-order chi connectivity index (χ0) is 42.5. The van der Waals surface area contributed by atoms with Crippen LogP contribution in [-0.2, 0) is 9.59 Å². The number of ether oxygens (including phenoxy) is 1. The Morgan fingerprint density at radius 3 is 2.22 bits per heavy atom. The minimum atomic E-state index is -1.03. The van der Waals surface area contributed by atoms with Gasteiger partial charge in [-0.05, 0) is 79.8 Å². The van der Waals surface area contributed by atoms with E-state index in [0.717, 1.165) is 74.7 Å². The number of carbonyl (C=O) groups excluding carboxylic acids is 3. The van der Waals surface area contributed by atoms with Crippen molar-refractivity contribution in [1.29, 1.82) is 5.26 Å². The number of carbonyl (C=O) groups is 3. The number of fused-ring (bicyclic) bond motifs is 1. The number of benzene rings is 3. The first-order valence-electron chi connectivity index (χ1n) is 20.7. The van der Waals surface area contributed by atoms with Crippen LogP contribution in [0.25, 0.3) is 10.8 Å². The third-order valence-corrected chi connectivity index (χ3v) is 13.5. The maximum atomic E-state index is 15.3. The van der Waals surface area contributed by atoms with Crippen molar-refractivity contribution in [3.63, 3.8) is 0 Å². The molecule has 4 aliphatic rings. The standard InChI is InChI=1S/C45H50ClFN8O5/c1-44(2)42(45(3,4)43(44)60-32-11-7-29(25-48)35(46)24-32)50-39(57)28-5-8-30(9-6-28)53-17-15-27(16-18-53)26-52-19-21-54(22-20-52)31-10-12-33-34(23-31)38(47)51-55(41(33)59)36-13-14-37(56)49-40(36)58/h5-12,23-24,27,36,42-43H,13-22,26H2,1-4H3,(H,50,57)(H,49,56,58)/t36-,42-,43-/m0/s1. The molecule has 60 heavy (non-hydrogen) atoms. The highest BCUT2D eigenvalue weighted by Crippen LogP contribution is 2.55. The number of nitrogens with one attached hydrogen (secondary N) is 2. The molecule has 2 N–H and O–H groups in total. The summed E-state index contributed by atoms with van der Waals surface area (Å²) in [7, 11) is 0. The van der Waals surface area contributed by atoms with Gasteiger partial charge in [0.05, 0.1) is 16.0 Å². The molecule has 3 aromatic carbocycles. The highest BCUT2D eigenvalue weighted by molar-refractivity contribution is 6.31. The summed E-state index contributed by atoms with van der Waals surface area (Å²) in [6, 6.07) is 19.0. The van der Waals surface area contributed by atoms with Crippen molar-refractivity contribution in [3.8, 4) is 11.8 Å². The lowest BCUT2D eigenvalue weighted by Gasteiger charge is -2.63. The van der Waals surface area contributed by atoms with E-state index >= 15 is 4.39 Å². The first kappa shape index (κ1) is 41.2. The van der Waals surface area contributed by atoms with Gasteiger partial charge in [0.2, 0.25) is 11.9 Å². The monoisotopic (exact) mass is 836 g/mol. The summed E-state index contributed by atoms with van der Waals surface area (Å²) in [5, 5.41) is 19.2. The van der Waals surface area contributed by atoms with Gasteiger partial charge in [-0.2, -0.15) is 9.65 Å². The number of piperidine rings is 2. The Balaban J connectivity index is 0.801. The molecule has 8 rings (SSSR count). The average Bonchev–Trinajstić information content (AvgIpc) is 3.23. The van der Waals surface area contributed by atoms with E-state index in [1.165, 1.54) is 0 Å². The third-order valence-electron chi connectivity index (χ3n) is 13.2. The lowest BCUT2D eigenvalue weighted by atomic mass is 9.49. The largest absolute Gasteiger partial charge is 0.489 e. The van der Waals surface area contributed by atoms with E-state index in [4.69, 9.17) is 16.3 Å². The number of imide groups is 1. The van der Waals surface area contributed by atoms with Gasteiger partial charge in [0.15, 0.2) is 0 Å². The molecular formula is C45H50ClFN8O5. The van der Waals surface area contributed by atoms with Crippen molar-refractivity contribution in [2.24, 2.45) is 16.7 Å². The molecule has 15 heteroatoms. The van der Waals surface area contributed by atoms with Gasteiger partial charge in [-0.1, -0.05) is 39.3 Å². The van der Waals surface area contributed by atoms with Crippen molar-refractivity contribution in [2.45, 2.75) is 71.6 Å². The van der Waals surface area contributed by atoms with E-state index in [-0.39, 0.29) is 52.5 Å². The highest BCUT2D eigenvalue weighted by Gasteiger charge is 2.64. The number of piperazine rings is 1. The molecule has 4 aromatic rings. The van der Waals surface area contributed by atoms with Crippen molar-refractivity contribution in [2.75, 3.05) is 55.6 Å². The van der Waals surface area contributed by atoms with Crippen LogP contribution in [0.2, 0.25) is 5.02 Å². The predicted octanol–water partition coefficient (Wildman–Crippen LogP) is 5.69. The molecular weight excluding hydrogens is 787 g/mol. The Morgan fingerprint density at radius 1 is 0.900 bits per heavy atom. The van der Waals surface area contributed by atoms with Crippen LogP contribution in [0, 0.1) is 34.0 Å². The molecule has 0 spiro atoms. The van der Waals surface area contributed by atoms with E-state index in [0.29, 0.717) is 27.8 Å². The van der Waals surface area contributed by atoms with E-state index < -0.39 is 29.4 Å². The Hall–Kier alpha value is -5.52. The first-order chi connectivity index (χ1) is 28.6. The summed E-state index contributed by atoms with van der Waals surface area (Å²) in [6.45, 7) is 14.5. The second kappa shape index (κ2) is 16.2. The molecule has 1 atom stereocenters. The normalized spacial score (nSPS) is 23.1. The molecule has 314 valence electrons. The van der Waals surface area contributed by atoms with Crippen LogP contribution in [0.1, 0.15) is 75.3 Å². The van der Waals surface area contributed by atoms with Crippen LogP contribution >= 0.6 is 11.6 Å². The summed E-state index contributed by atoms with van der Waals surface area (Å²) >= 11 is 6.25. The number of hydrogen-bond acceptors (Lipinski definition) is 10. The van der Waals surface area contributed by atoms with E-state index in [1.54, 1.807) is 30.3 Å². The summed E-state index contributed by atoms with van der Waals surface area (Å²) < 4.78 is 22.5. The van der Waals surface area contributed by atoms with Gasteiger partial charge in [-0.15, -0.1) is 5.10 Å². The molecule has 1 saturated carbocycles. The number of anilines is 2. The number of nitriles is 1. The summed E-state index contributed by atoms with van der Waals surface area (Å²) in [6.07, 6.45) is 2.11. The number of hydrogen-bond donors (Lipinski definition) is 2. The number of amides is 3. The Morgan fingerprint density at radius 2 is 1.57 bits per heavy atom. The van der Waals surface area contributed by atoms with Crippen molar-refractivity contribution in [3.05, 3.63) is 93.1 Å². The Bertz CT molecular complexity index is 2420. The fourth-order valence-corrected chi connectivity index (χ4v) is 10.3. The molecule has 0 unspecified atom stereocenters. The number of halogens is 2. The number of nitrogens with zero attached hydrogens (tertiary/aromatic N) is 6. The van der Waals surface area contributed by atoms with Crippen molar-refractivity contribution < 1.29 is 23.5 Å². The molecule has 13 nitrogen and oxygen atoms in total. The Labute approximate surface area is 353 Å². The fraction of sp³-hybridized carbons (Fsp3) is 0.467. The molecule has 3 amide bonds. The molecule has 3 saturated heterocycles. The van der Waals surface area contributed by atoms with Crippen molar-refractivity contribution in [1.82, 2.24) is 25.3 Å². The molecule has 3 aliphatic heterocycles. The number of rotatable bonds is 9. The molecule has 0 bridgehead atoms. The smallest absolute Gasteiger partial charge is 0.275 e. The predicted molar refractivity (Wildman–Crippen MR) is 227 cm³/mol. The quantitative estimate of drug-likeness (QED) is 0.201. The number of aromatic nitrogens is 2. The fourth-order valence-electron chi connectivity index (χ4n) is 10.1. The van der Waals surface area contributed by atoms with Gasteiger partial charge in [0, 0.05) is 97.5 Å². The zero-order valence-corrected chi connectivity index (χ0v) is 35.1. The van der Waals surface area contributed by atoms with E-state index in [1.807, 2.05) is 30.3 Å². The zero-order valence-electron chi connectivity index (χ0n) is 34.3. The van der Waals surface area contributed by atoms with Gasteiger partial charge in [0.1, 0.15) is 24.0 Å². The molecule has 0 radical (unpaired) electrons. The minimum Gasteiger partial charge on any atom is -0.489 e. The highest BCUT2D eigenvalue weighted by atomic mass is 35.5. The van der Waals surface area contributed by atoms with Gasteiger partial charge >= 0.3 is 0 Å².